The molecule has 0 saturated heterocycles. The Bertz CT molecular complexity index is 393. The van der Waals surface area contributed by atoms with E-state index in [1.807, 2.05) is 30.3 Å². The van der Waals surface area contributed by atoms with Crippen LogP contribution in [0.25, 0.3) is 0 Å². The summed E-state index contributed by atoms with van der Waals surface area (Å²) in [6, 6.07) is 9.91. The minimum Gasteiger partial charge on any atom is -0.412 e. The Balaban J connectivity index is 2.45. The Labute approximate surface area is 108 Å². The molecule has 1 rings (SSSR count). The van der Waals surface area contributed by atoms with E-state index >= 15 is 0 Å². The Morgan fingerprint density at radius 2 is 1.72 bits per heavy atom. The minimum absolute atomic E-state index is 0.282. The Hall–Kier alpha value is -1.09. The molecule has 0 spiro atoms. The molecule has 0 amide bonds. The molecule has 0 atom stereocenters. The van der Waals surface area contributed by atoms with E-state index in [1.54, 1.807) is 19.9 Å². The van der Waals surface area contributed by atoms with Crippen molar-refractivity contribution in [2.75, 3.05) is 13.2 Å². The third-order valence-corrected chi connectivity index (χ3v) is 3.59. The van der Waals surface area contributed by atoms with Crippen molar-refractivity contribution in [3.8, 4) is 0 Å². The first-order valence-corrected chi connectivity index (χ1v) is 7.42. The standard InChI is InChI=1S/C13H19O4P/c1-3-15-18(14,16-4-2)17-12-8-11-13-9-6-5-7-10-13/h5-10,12H,3-4,11H2,1-2H3. The van der Waals surface area contributed by atoms with Crippen molar-refractivity contribution in [1.29, 1.82) is 0 Å². The molecule has 100 valence electrons. The van der Waals surface area contributed by atoms with Gasteiger partial charge in [-0.05, 0) is 31.9 Å². The fourth-order valence-electron chi connectivity index (χ4n) is 1.33. The molecule has 0 aliphatic rings. The lowest BCUT2D eigenvalue weighted by molar-refractivity contribution is 0.153. The zero-order chi connectivity index (χ0) is 13.3. The number of allylic oxidation sites excluding steroid dienone is 1. The van der Waals surface area contributed by atoms with E-state index < -0.39 is 7.82 Å². The summed E-state index contributed by atoms with van der Waals surface area (Å²) >= 11 is 0. The predicted octanol–water partition coefficient (Wildman–Crippen LogP) is 3.94. The highest BCUT2D eigenvalue weighted by molar-refractivity contribution is 7.48. The second-order valence-electron chi connectivity index (χ2n) is 3.45. The molecule has 0 bridgehead atoms. The predicted molar refractivity (Wildman–Crippen MR) is 71.2 cm³/mol. The largest absolute Gasteiger partial charge is 0.529 e. The van der Waals surface area contributed by atoms with Gasteiger partial charge in [0.05, 0.1) is 19.5 Å². The van der Waals surface area contributed by atoms with Gasteiger partial charge in [0.25, 0.3) is 0 Å². The SMILES string of the molecule is CCOP(=O)(OC=CCc1ccccc1)OCC. The van der Waals surface area contributed by atoms with Crippen LogP contribution in [-0.2, 0) is 24.6 Å². The maximum atomic E-state index is 11.9. The van der Waals surface area contributed by atoms with Gasteiger partial charge < -0.3 is 4.52 Å². The lowest BCUT2D eigenvalue weighted by atomic mass is 10.2. The highest BCUT2D eigenvalue weighted by atomic mass is 31.2. The highest BCUT2D eigenvalue weighted by Gasteiger charge is 2.24. The summed E-state index contributed by atoms with van der Waals surface area (Å²) in [4.78, 5) is 0. The van der Waals surface area contributed by atoms with Crippen molar-refractivity contribution in [3.63, 3.8) is 0 Å². The summed E-state index contributed by atoms with van der Waals surface area (Å²) in [7, 11) is -3.43. The third kappa shape index (κ3) is 5.50. The van der Waals surface area contributed by atoms with Crippen LogP contribution in [0.5, 0.6) is 0 Å². The smallest absolute Gasteiger partial charge is 0.412 e. The van der Waals surface area contributed by atoms with E-state index in [9.17, 15) is 4.57 Å². The highest BCUT2D eigenvalue weighted by Crippen LogP contribution is 2.49. The summed E-state index contributed by atoms with van der Waals surface area (Å²) in [5, 5.41) is 0. The lowest BCUT2D eigenvalue weighted by Crippen LogP contribution is -1.96. The van der Waals surface area contributed by atoms with Crippen LogP contribution in [0.1, 0.15) is 19.4 Å². The van der Waals surface area contributed by atoms with Crippen LogP contribution < -0.4 is 0 Å². The van der Waals surface area contributed by atoms with Crippen molar-refractivity contribution in [2.45, 2.75) is 20.3 Å². The molecular weight excluding hydrogens is 251 g/mol. The van der Waals surface area contributed by atoms with Gasteiger partial charge >= 0.3 is 7.82 Å². The maximum Gasteiger partial charge on any atom is 0.529 e. The Morgan fingerprint density at radius 1 is 1.11 bits per heavy atom. The van der Waals surface area contributed by atoms with Crippen LogP contribution in [0.2, 0.25) is 0 Å². The summed E-state index contributed by atoms with van der Waals surface area (Å²) in [5.74, 6) is 0. The first-order valence-electron chi connectivity index (χ1n) is 5.96. The summed E-state index contributed by atoms with van der Waals surface area (Å²) in [5.41, 5.74) is 1.15. The van der Waals surface area contributed by atoms with Crippen molar-refractivity contribution in [2.24, 2.45) is 0 Å². The Kier molecular flexibility index (Phi) is 6.73. The van der Waals surface area contributed by atoms with Crippen LogP contribution in [0.3, 0.4) is 0 Å². The van der Waals surface area contributed by atoms with Gasteiger partial charge in [0.15, 0.2) is 0 Å². The molecule has 0 aromatic heterocycles. The summed E-state index contributed by atoms with van der Waals surface area (Å²) in [6.45, 7) is 4.04. The molecule has 0 radical (unpaired) electrons. The molecule has 1 aromatic carbocycles. The number of rotatable bonds is 8. The van der Waals surface area contributed by atoms with Crippen LogP contribution in [-0.4, -0.2) is 13.2 Å². The molecule has 0 unspecified atom stereocenters. The van der Waals surface area contributed by atoms with Crippen LogP contribution in [0.4, 0.5) is 0 Å². The monoisotopic (exact) mass is 270 g/mol. The molecule has 18 heavy (non-hydrogen) atoms. The average molecular weight is 270 g/mol. The number of benzene rings is 1. The van der Waals surface area contributed by atoms with Gasteiger partial charge in [-0.3, -0.25) is 9.05 Å². The number of phosphoric acid groups is 1. The average Bonchev–Trinajstić information content (AvgIpc) is 2.37. The van der Waals surface area contributed by atoms with Gasteiger partial charge in [0.2, 0.25) is 0 Å². The minimum atomic E-state index is -3.43. The van der Waals surface area contributed by atoms with Crippen LogP contribution in [0.15, 0.2) is 42.7 Å². The number of hydrogen-bond acceptors (Lipinski definition) is 4. The summed E-state index contributed by atoms with van der Waals surface area (Å²) < 4.78 is 26.9. The first-order chi connectivity index (χ1) is 8.70. The number of hydrogen-bond donors (Lipinski definition) is 0. The van der Waals surface area contributed by atoms with E-state index in [4.69, 9.17) is 13.6 Å². The van der Waals surface area contributed by atoms with Gasteiger partial charge in [-0.1, -0.05) is 30.3 Å². The molecule has 0 aliphatic carbocycles. The molecule has 0 N–H and O–H groups in total. The fourth-order valence-corrected chi connectivity index (χ4v) is 2.39. The Morgan fingerprint density at radius 3 is 2.28 bits per heavy atom. The molecule has 0 aliphatic heterocycles. The van der Waals surface area contributed by atoms with E-state index in [0.29, 0.717) is 6.42 Å². The van der Waals surface area contributed by atoms with Gasteiger partial charge in [-0.25, -0.2) is 4.57 Å². The third-order valence-electron chi connectivity index (χ3n) is 2.06. The normalized spacial score (nSPS) is 11.9. The molecular formula is C13H19O4P. The molecule has 4 nitrogen and oxygen atoms in total. The van der Waals surface area contributed by atoms with E-state index in [-0.39, 0.29) is 13.2 Å². The molecule has 0 fully saturated rings. The quantitative estimate of drug-likeness (QED) is 0.530. The zero-order valence-corrected chi connectivity index (χ0v) is 11.6. The van der Waals surface area contributed by atoms with Gasteiger partial charge in [0, 0.05) is 0 Å². The fraction of sp³-hybridized carbons (Fsp3) is 0.385. The second kappa shape index (κ2) is 8.09. The van der Waals surface area contributed by atoms with Gasteiger partial charge in [0.1, 0.15) is 0 Å². The topological polar surface area (TPSA) is 44.8 Å². The van der Waals surface area contributed by atoms with E-state index in [1.165, 1.54) is 6.26 Å². The molecule has 1 aromatic rings. The molecule has 0 saturated carbocycles. The van der Waals surface area contributed by atoms with E-state index in [2.05, 4.69) is 0 Å². The van der Waals surface area contributed by atoms with Crippen molar-refractivity contribution in [1.82, 2.24) is 0 Å². The second-order valence-corrected chi connectivity index (χ2v) is 5.07. The zero-order valence-electron chi connectivity index (χ0n) is 10.7. The van der Waals surface area contributed by atoms with Crippen LogP contribution in [0, 0.1) is 0 Å². The van der Waals surface area contributed by atoms with Crippen molar-refractivity contribution >= 4 is 7.82 Å². The van der Waals surface area contributed by atoms with Gasteiger partial charge in [-0.2, -0.15) is 0 Å². The maximum absolute atomic E-state index is 11.9. The lowest BCUT2D eigenvalue weighted by Gasteiger charge is -2.14. The number of phosphoric ester groups is 1. The van der Waals surface area contributed by atoms with Crippen molar-refractivity contribution < 1.29 is 18.1 Å². The van der Waals surface area contributed by atoms with E-state index in [0.717, 1.165) is 5.56 Å². The molecule has 5 heteroatoms. The van der Waals surface area contributed by atoms with Crippen molar-refractivity contribution in [3.05, 3.63) is 48.2 Å². The van der Waals surface area contributed by atoms with Crippen LogP contribution >= 0.6 is 7.82 Å². The summed E-state index contributed by atoms with van der Waals surface area (Å²) in [6.07, 6.45) is 3.86. The molecule has 0 heterocycles. The van der Waals surface area contributed by atoms with Gasteiger partial charge in [-0.15, -0.1) is 0 Å². The first kappa shape index (κ1) is 15.0.